The van der Waals surface area contributed by atoms with Gasteiger partial charge in [0.1, 0.15) is 11.6 Å². The zero-order valence-electron chi connectivity index (χ0n) is 14.3. The maximum Gasteiger partial charge on any atom is 0.231 e. The predicted molar refractivity (Wildman–Crippen MR) is 86.0 cm³/mol. The van der Waals surface area contributed by atoms with Crippen molar-refractivity contribution in [3.05, 3.63) is 34.7 Å². The number of carbonyl (C=O) groups excluding carboxylic acids is 1. The van der Waals surface area contributed by atoms with Crippen molar-refractivity contribution in [3.63, 3.8) is 0 Å². The Labute approximate surface area is 141 Å². The van der Waals surface area contributed by atoms with E-state index in [1.165, 1.54) is 0 Å². The second-order valence-electron chi connectivity index (χ2n) is 6.77. The smallest absolute Gasteiger partial charge is 0.231 e. The fraction of sp³-hybridized carbons (Fsp3) is 0.500. The fourth-order valence-electron chi connectivity index (χ4n) is 3.43. The Morgan fingerprint density at radius 3 is 2.67 bits per heavy atom. The van der Waals surface area contributed by atoms with E-state index in [9.17, 15) is 15.3 Å². The molecular weight excluding hydrogens is 306 g/mol. The van der Waals surface area contributed by atoms with Crippen molar-refractivity contribution in [1.29, 1.82) is 5.26 Å². The summed E-state index contributed by atoms with van der Waals surface area (Å²) >= 11 is 0. The zero-order chi connectivity index (χ0) is 17.5. The van der Waals surface area contributed by atoms with Gasteiger partial charge < -0.3 is 9.64 Å². The first kappa shape index (κ1) is 16.5. The standard InChI is InChI=1S/C18H22N3O3/c1-12-8-14-13(11-21(12)23)9-16(22)15(10-19)17(14)20-6-4-18(2,24-3)5-7-20/h8,11,23H,4-7,9H2,1-3H3/q+1. The first-order chi connectivity index (χ1) is 11.4. The van der Waals surface area contributed by atoms with E-state index < -0.39 is 0 Å². The highest BCUT2D eigenvalue weighted by Crippen LogP contribution is 2.36. The monoisotopic (exact) mass is 328 g/mol. The number of pyridine rings is 1. The molecule has 1 aromatic rings. The van der Waals surface area contributed by atoms with Gasteiger partial charge in [-0.15, -0.1) is 0 Å². The van der Waals surface area contributed by atoms with Crippen LogP contribution in [0.4, 0.5) is 0 Å². The minimum absolute atomic E-state index is 0.145. The molecule has 0 aromatic carbocycles. The van der Waals surface area contributed by atoms with Gasteiger partial charge in [-0.1, -0.05) is 0 Å². The molecule has 0 bridgehead atoms. The molecule has 0 atom stereocenters. The van der Waals surface area contributed by atoms with Crippen LogP contribution in [0, 0.1) is 18.3 Å². The number of Topliss-reactive ketones (excluding diaryl/α,β-unsaturated/α-hetero) is 1. The van der Waals surface area contributed by atoms with Gasteiger partial charge in [-0.25, -0.2) is 0 Å². The maximum atomic E-state index is 12.4. The van der Waals surface area contributed by atoms with Gasteiger partial charge in [-0.3, -0.25) is 10.0 Å². The molecule has 126 valence electrons. The van der Waals surface area contributed by atoms with E-state index in [1.807, 2.05) is 6.07 Å². The molecule has 1 aromatic heterocycles. The van der Waals surface area contributed by atoms with Gasteiger partial charge in [0.15, 0.2) is 5.78 Å². The van der Waals surface area contributed by atoms with Crippen molar-refractivity contribution in [1.82, 2.24) is 4.90 Å². The predicted octanol–water partition coefficient (Wildman–Crippen LogP) is 1.38. The average molecular weight is 328 g/mol. The summed E-state index contributed by atoms with van der Waals surface area (Å²) in [5.41, 5.74) is 3.05. The second kappa shape index (κ2) is 5.91. The summed E-state index contributed by atoms with van der Waals surface area (Å²) in [7, 11) is 1.72. The zero-order valence-corrected chi connectivity index (χ0v) is 14.3. The summed E-state index contributed by atoms with van der Waals surface area (Å²) in [6.07, 6.45) is 3.38. The molecule has 3 rings (SSSR count). The minimum Gasteiger partial charge on any atom is -0.378 e. The van der Waals surface area contributed by atoms with E-state index >= 15 is 0 Å². The molecule has 2 aliphatic rings. The molecule has 1 aliphatic heterocycles. The van der Waals surface area contributed by atoms with E-state index in [0.717, 1.165) is 41.8 Å². The Balaban J connectivity index is 2.06. The van der Waals surface area contributed by atoms with E-state index in [4.69, 9.17) is 4.74 Å². The first-order valence-electron chi connectivity index (χ1n) is 8.11. The molecule has 0 radical (unpaired) electrons. The first-order valence-corrected chi connectivity index (χ1v) is 8.11. The van der Waals surface area contributed by atoms with Gasteiger partial charge in [0.25, 0.3) is 0 Å². The van der Waals surface area contributed by atoms with Crippen molar-refractivity contribution in [2.45, 2.75) is 38.7 Å². The third-order valence-electron chi connectivity index (χ3n) is 5.20. The van der Waals surface area contributed by atoms with Crippen LogP contribution in [-0.2, 0) is 16.0 Å². The van der Waals surface area contributed by atoms with Gasteiger partial charge in [-0.05, 0) is 19.8 Å². The van der Waals surface area contributed by atoms with Gasteiger partial charge in [0.2, 0.25) is 11.9 Å². The quantitative estimate of drug-likeness (QED) is 0.655. The Hall–Kier alpha value is -2.39. The summed E-state index contributed by atoms with van der Waals surface area (Å²) in [4.78, 5) is 14.5. The molecule has 0 spiro atoms. The normalized spacial score (nSPS) is 19.9. The van der Waals surface area contributed by atoms with E-state index in [-0.39, 0.29) is 23.4 Å². The number of nitrogens with zero attached hydrogens (tertiary/aromatic N) is 3. The molecule has 0 amide bonds. The van der Waals surface area contributed by atoms with Gasteiger partial charge in [0.05, 0.1) is 11.3 Å². The van der Waals surface area contributed by atoms with Crippen LogP contribution in [-0.4, -0.2) is 41.7 Å². The summed E-state index contributed by atoms with van der Waals surface area (Å²) in [5, 5.41) is 19.4. The average Bonchev–Trinajstić information content (AvgIpc) is 2.56. The van der Waals surface area contributed by atoms with Crippen LogP contribution in [0.25, 0.3) is 5.70 Å². The summed E-state index contributed by atoms with van der Waals surface area (Å²) in [6, 6.07) is 3.94. The van der Waals surface area contributed by atoms with Crippen molar-refractivity contribution in [2.75, 3.05) is 20.2 Å². The number of carbonyl (C=O) groups is 1. The number of aryl methyl sites for hydroxylation is 1. The lowest BCUT2D eigenvalue weighted by Crippen LogP contribution is -2.44. The number of ketones is 1. The third-order valence-corrected chi connectivity index (χ3v) is 5.20. The Morgan fingerprint density at radius 1 is 1.42 bits per heavy atom. The number of hydrogen-bond acceptors (Lipinski definition) is 5. The van der Waals surface area contributed by atoms with E-state index in [0.29, 0.717) is 11.4 Å². The van der Waals surface area contributed by atoms with Gasteiger partial charge in [-0.2, -0.15) is 5.26 Å². The Bertz CT molecular complexity index is 768. The molecule has 6 heteroatoms. The lowest BCUT2D eigenvalue weighted by molar-refractivity contribution is -0.909. The van der Waals surface area contributed by atoms with Gasteiger partial charge >= 0.3 is 0 Å². The highest BCUT2D eigenvalue weighted by atomic mass is 16.5. The second-order valence-corrected chi connectivity index (χ2v) is 6.77. The molecule has 0 unspecified atom stereocenters. The third kappa shape index (κ3) is 2.65. The molecule has 1 fully saturated rings. The summed E-state index contributed by atoms with van der Waals surface area (Å²) in [6.45, 7) is 5.33. The number of fused-ring (bicyclic) bond motifs is 1. The number of rotatable bonds is 2. The van der Waals surface area contributed by atoms with Crippen molar-refractivity contribution < 1.29 is 19.5 Å². The van der Waals surface area contributed by atoms with Crippen LogP contribution in [0.1, 0.15) is 36.6 Å². The molecule has 1 N–H and O–H groups in total. The number of likely N-dealkylation sites (tertiary alicyclic amines) is 1. The summed E-state index contributed by atoms with van der Waals surface area (Å²) < 4.78 is 6.61. The van der Waals surface area contributed by atoms with Crippen LogP contribution in [0.3, 0.4) is 0 Å². The number of methoxy groups -OCH3 is 1. The van der Waals surface area contributed by atoms with Crippen molar-refractivity contribution >= 4 is 11.5 Å². The largest absolute Gasteiger partial charge is 0.378 e. The molecule has 0 saturated carbocycles. The molecular formula is C18H22N3O3+. The van der Waals surface area contributed by atoms with Crippen molar-refractivity contribution in [3.8, 4) is 6.07 Å². The minimum atomic E-state index is -0.191. The molecule has 2 heterocycles. The van der Waals surface area contributed by atoms with Crippen LogP contribution >= 0.6 is 0 Å². The Morgan fingerprint density at radius 2 is 2.08 bits per heavy atom. The number of aromatic nitrogens is 1. The number of nitriles is 1. The highest BCUT2D eigenvalue weighted by molar-refractivity contribution is 6.09. The van der Waals surface area contributed by atoms with Crippen LogP contribution in [0.2, 0.25) is 0 Å². The highest BCUT2D eigenvalue weighted by Gasteiger charge is 2.36. The van der Waals surface area contributed by atoms with Gasteiger partial charge in [0, 0.05) is 55.5 Å². The number of piperidine rings is 1. The van der Waals surface area contributed by atoms with E-state index in [1.54, 1.807) is 20.2 Å². The SMILES string of the molecule is COC1(C)CCN(C2=C(C#N)C(=O)Cc3c[n+](O)c(C)cc32)CC1. The van der Waals surface area contributed by atoms with Crippen LogP contribution in [0.5, 0.6) is 0 Å². The van der Waals surface area contributed by atoms with Crippen LogP contribution < -0.4 is 4.73 Å². The van der Waals surface area contributed by atoms with Crippen molar-refractivity contribution in [2.24, 2.45) is 0 Å². The number of hydrogen-bond donors (Lipinski definition) is 1. The molecule has 1 aliphatic carbocycles. The number of ether oxygens (including phenoxy) is 1. The lowest BCUT2D eigenvalue weighted by atomic mass is 9.86. The maximum absolute atomic E-state index is 12.4. The molecule has 6 nitrogen and oxygen atoms in total. The summed E-state index contributed by atoms with van der Waals surface area (Å²) in [5.74, 6) is -0.191. The van der Waals surface area contributed by atoms with Crippen LogP contribution in [0.15, 0.2) is 17.8 Å². The topological polar surface area (TPSA) is 77.4 Å². The molecule has 24 heavy (non-hydrogen) atoms. The molecule has 1 saturated heterocycles. The lowest BCUT2D eigenvalue weighted by Gasteiger charge is -2.41. The Kier molecular flexibility index (Phi) is 4.06. The number of allylic oxidation sites excluding steroid dienone is 1. The van der Waals surface area contributed by atoms with E-state index in [2.05, 4.69) is 17.9 Å². The fourth-order valence-corrected chi connectivity index (χ4v) is 3.43.